The van der Waals surface area contributed by atoms with Gasteiger partial charge in [0.05, 0.1) is 5.60 Å². The maximum atomic E-state index is 10.4. The molecule has 3 heteroatoms. The van der Waals surface area contributed by atoms with E-state index in [-0.39, 0.29) is 0 Å². The molecule has 100 valence electrons. The van der Waals surface area contributed by atoms with Crippen molar-refractivity contribution in [1.29, 1.82) is 0 Å². The van der Waals surface area contributed by atoms with Crippen LogP contribution in [0.5, 0.6) is 5.75 Å². The number of hydrogen-bond acceptors (Lipinski definition) is 3. The summed E-state index contributed by atoms with van der Waals surface area (Å²) in [5.41, 5.74) is 7.26. The van der Waals surface area contributed by atoms with Crippen LogP contribution in [0.1, 0.15) is 43.2 Å². The number of benzene rings is 1. The summed E-state index contributed by atoms with van der Waals surface area (Å²) in [6, 6.07) is 6.00. The molecule has 1 fully saturated rings. The van der Waals surface area contributed by atoms with Gasteiger partial charge in [-0.25, -0.2) is 0 Å². The summed E-state index contributed by atoms with van der Waals surface area (Å²) >= 11 is 0. The van der Waals surface area contributed by atoms with E-state index in [0.717, 1.165) is 37.0 Å². The molecule has 1 aliphatic carbocycles. The van der Waals surface area contributed by atoms with Crippen LogP contribution in [0.4, 0.5) is 0 Å². The van der Waals surface area contributed by atoms with E-state index in [9.17, 15) is 5.11 Å². The van der Waals surface area contributed by atoms with Gasteiger partial charge in [0, 0.05) is 12.1 Å². The van der Waals surface area contributed by atoms with Gasteiger partial charge in [0.1, 0.15) is 12.4 Å². The molecule has 3 N–H and O–H groups in total. The summed E-state index contributed by atoms with van der Waals surface area (Å²) in [5, 5.41) is 10.4. The first kappa shape index (κ1) is 13.4. The molecule has 0 unspecified atom stereocenters. The lowest BCUT2D eigenvalue weighted by molar-refractivity contribution is -0.0341. The third-order valence-electron chi connectivity index (χ3n) is 3.72. The van der Waals surface area contributed by atoms with E-state index in [1.165, 1.54) is 12.0 Å². The smallest absolute Gasteiger partial charge is 0.123 e. The zero-order valence-electron chi connectivity index (χ0n) is 11.1. The van der Waals surface area contributed by atoms with Crippen molar-refractivity contribution in [2.45, 2.75) is 51.2 Å². The molecule has 0 heterocycles. The van der Waals surface area contributed by atoms with Crippen molar-refractivity contribution in [3.63, 3.8) is 0 Å². The molecule has 0 spiro atoms. The summed E-state index contributed by atoms with van der Waals surface area (Å²) in [6.07, 6.45) is 5.10. The first-order valence-electron chi connectivity index (χ1n) is 6.78. The topological polar surface area (TPSA) is 55.5 Å². The van der Waals surface area contributed by atoms with Crippen molar-refractivity contribution < 1.29 is 9.84 Å². The number of nitrogens with two attached hydrogens (primary N) is 1. The minimum atomic E-state index is -0.644. The minimum absolute atomic E-state index is 0.378. The SMILES string of the molecule is Cc1ccc(OCC2(O)CCCCC2)c(CN)c1. The third kappa shape index (κ3) is 3.24. The van der Waals surface area contributed by atoms with Crippen LogP contribution in [0.2, 0.25) is 0 Å². The molecule has 0 saturated heterocycles. The van der Waals surface area contributed by atoms with Crippen LogP contribution in [-0.4, -0.2) is 17.3 Å². The highest BCUT2D eigenvalue weighted by Gasteiger charge is 2.30. The Morgan fingerprint density at radius 3 is 2.67 bits per heavy atom. The molecule has 0 radical (unpaired) electrons. The van der Waals surface area contributed by atoms with Gasteiger partial charge < -0.3 is 15.6 Å². The fraction of sp³-hybridized carbons (Fsp3) is 0.600. The number of aryl methyl sites for hydroxylation is 1. The van der Waals surface area contributed by atoms with E-state index in [4.69, 9.17) is 10.5 Å². The van der Waals surface area contributed by atoms with Crippen LogP contribution >= 0.6 is 0 Å². The maximum absolute atomic E-state index is 10.4. The fourth-order valence-electron chi connectivity index (χ4n) is 2.57. The van der Waals surface area contributed by atoms with Gasteiger partial charge in [0.2, 0.25) is 0 Å². The molecule has 3 nitrogen and oxygen atoms in total. The zero-order chi connectivity index (χ0) is 13.0. The summed E-state index contributed by atoms with van der Waals surface area (Å²) < 4.78 is 5.80. The average molecular weight is 249 g/mol. The first-order valence-corrected chi connectivity index (χ1v) is 6.78. The van der Waals surface area contributed by atoms with E-state index in [2.05, 4.69) is 0 Å². The van der Waals surface area contributed by atoms with Crippen molar-refractivity contribution in [1.82, 2.24) is 0 Å². The lowest BCUT2D eigenvalue weighted by Crippen LogP contribution is -2.38. The normalized spacial score (nSPS) is 18.6. The molecule has 1 aromatic carbocycles. The van der Waals surface area contributed by atoms with Gasteiger partial charge in [-0.15, -0.1) is 0 Å². The molecule has 1 saturated carbocycles. The lowest BCUT2D eigenvalue weighted by Gasteiger charge is -2.32. The molecule has 2 rings (SSSR count). The molecule has 0 bridgehead atoms. The van der Waals surface area contributed by atoms with Crippen molar-refractivity contribution in [2.24, 2.45) is 5.73 Å². The Balaban J connectivity index is 2.01. The number of hydrogen-bond donors (Lipinski definition) is 2. The average Bonchev–Trinajstić information content (AvgIpc) is 2.38. The Labute approximate surface area is 109 Å². The minimum Gasteiger partial charge on any atom is -0.490 e. The fourth-order valence-corrected chi connectivity index (χ4v) is 2.57. The van der Waals surface area contributed by atoms with Gasteiger partial charge in [0.15, 0.2) is 0 Å². The summed E-state index contributed by atoms with van der Waals surface area (Å²) in [7, 11) is 0. The van der Waals surface area contributed by atoms with Crippen LogP contribution in [0.25, 0.3) is 0 Å². The van der Waals surface area contributed by atoms with Crippen molar-refractivity contribution in [3.05, 3.63) is 29.3 Å². The van der Waals surface area contributed by atoms with Gasteiger partial charge >= 0.3 is 0 Å². The molecule has 0 amide bonds. The van der Waals surface area contributed by atoms with E-state index in [1.807, 2.05) is 25.1 Å². The summed E-state index contributed by atoms with van der Waals surface area (Å²) in [5.74, 6) is 0.807. The standard InChI is InChI=1S/C15H23NO2/c1-12-5-6-14(13(9-12)10-16)18-11-15(17)7-3-2-4-8-15/h5-6,9,17H,2-4,7-8,10-11,16H2,1H3. The van der Waals surface area contributed by atoms with Crippen LogP contribution in [0.3, 0.4) is 0 Å². The molecule has 0 atom stereocenters. The molecule has 1 aromatic rings. The molecular weight excluding hydrogens is 226 g/mol. The Bertz CT molecular complexity index is 397. The van der Waals surface area contributed by atoms with Crippen molar-refractivity contribution in [2.75, 3.05) is 6.61 Å². The molecule has 0 aliphatic heterocycles. The lowest BCUT2D eigenvalue weighted by atomic mass is 9.85. The van der Waals surface area contributed by atoms with Gasteiger partial charge in [-0.2, -0.15) is 0 Å². The number of rotatable bonds is 4. The van der Waals surface area contributed by atoms with E-state index in [0.29, 0.717) is 13.2 Å². The van der Waals surface area contributed by atoms with Gasteiger partial charge in [-0.3, -0.25) is 0 Å². The monoisotopic (exact) mass is 249 g/mol. The molecule has 1 aliphatic rings. The van der Waals surface area contributed by atoms with Gasteiger partial charge in [0.25, 0.3) is 0 Å². The second-order valence-corrected chi connectivity index (χ2v) is 5.39. The van der Waals surface area contributed by atoms with E-state index < -0.39 is 5.60 Å². The summed E-state index contributed by atoms with van der Waals surface area (Å²) in [6.45, 7) is 2.89. The molecular formula is C15H23NO2. The highest BCUT2D eigenvalue weighted by atomic mass is 16.5. The number of ether oxygens (including phenoxy) is 1. The van der Waals surface area contributed by atoms with Gasteiger partial charge in [-0.05, 0) is 25.8 Å². The Morgan fingerprint density at radius 2 is 2.00 bits per heavy atom. The van der Waals surface area contributed by atoms with Crippen molar-refractivity contribution in [3.8, 4) is 5.75 Å². The van der Waals surface area contributed by atoms with Crippen LogP contribution in [0.15, 0.2) is 18.2 Å². The van der Waals surface area contributed by atoms with Crippen LogP contribution in [0, 0.1) is 6.92 Å². The zero-order valence-corrected chi connectivity index (χ0v) is 11.1. The third-order valence-corrected chi connectivity index (χ3v) is 3.72. The van der Waals surface area contributed by atoms with Crippen LogP contribution < -0.4 is 10.5 Å². The Kier molecular flexibility index (Phi) is 4.25. The first-order chi connectivity index (χ1) is 8.63. The van der Waals surface area contributed by atoms with E-state index in [1.54, 1.807) is 0 Å². The molecule has 18 heavy (non-hydrogen) atoms. The van der Waals surface area contributed by atoms with Gasteiger partial charge in [-0.1, -0.05) is 37.0 Å². The summed E-state index contributed by atoms with van der Waals surface area (Å²) in [4.78, 5) is 0. The maximum Gasteiger partial charge on any atom is 0.123 e. The Morgan fingerprint density at radius 1 is 1.28 bits per heavy atom. The van der Waals surface area contributed by atoms with Crippen molar-refractivity contribution >= 4 is 0 Å². The highest BCUT2D eigenvalue weighted by Crippen LogP contribution is 2.29. The second-order valence-electron chi connectivity index (χ2n) is 5.39. The highest BCUT2D eigenvalue weighted by molar-refractivity contribution is 5.36. The predicted octanol–water partition coefficient (Wildman–Crippen LogP) is 2.53. The van der Waals surface area contributed by atoms with Crippen LogP contribution in [-0.2, 0) is 6.54 Å². The Hall–Kier alpha value is -1.06. The number of aliphatic hydroxyl groups is 1. The van der Waals surface area contributed by atoms with E-state index >= 15 is 0 Å². The largest absolute Gasteiger partial charge is 0.490 e. The predicted molar refractivity (Wildman–Crippen MR) is 72.6 cm³/mol. The second kappa shape index (κ2) is 5.72. The molecule has 0 aromatic heterocycles. The quantitative estimate of drug-likeness (QED) is 0.862.